The maximum Gasteiger partial charge on any atom is 0.325 e. The van der Waals surface area contributed by atoms with Crippen molar-refractivity contribution in [3.63, 3.8) is 0 Å². The van der Waals surface area contributed by atoms with Crippen molar-refractivity contribution >= 4 is 29.5 Å². The molecule has 0 bridgehead atoms. The topological polar surface area (TPSA) is 126 Å². The summed E-state index contributed by atoms with van der Waals surface area (Å²) in [6, 6.07) is 7.44. The molecule has 1 aliphatic heterocycles. The Bertz CT molecular complexity index is 940. The number of nitrogen functional groups attached to an aromatic ring is 1. The Kier molecular flexibility index (Phi) is 5.04. The zero-order chi connectivity index (χ0) is 20.4. The van der Waals surface area contributed by atoms with Crippen LogP contribution in [0.4, 0.5) is 22.4 Å². The van der Waals surface area contributed by atoms with E-state index in [1.807, 2.05) is 24.3 Å². The molecule has 0 radical (unpaired) electrons. The monoisotopic (exact) mass is 395 g/mol. The van der Waals surface area contributed by atoms with E-state index in [1.54, 1.807) is 0 Å². The molecule has 1 saturated carbocycles. The predicted octanol–water partition coefficient (Wildman–Crippen LogP) is 2.51. The van der Waals surface area contributed by atoms with Gasteiger partial charge in [0.1, 0.15) is 5.54 Å². The smallest absolute Gasteiger partial charge is 0.325 e. The molecule has 0 atom stereocenters. The summed E-state index contributed by atoms with van der Waals surface area (Å²) in [5, 5.41) is 6.06. The number of para-hydroxylation sites is 1. The van der Waals surface area contributed by atoms with Crippen molar-refractivity contribution < 1.29 is 9.59 Å². The molecule has 2 aromatic rings. The Balaban J connectivity index is 1.55. The van der Waals surface area contributed by atoms with Gasteiger partial charge in [-0.2, -0.15) is 15.0 Å². The molecule has 1 saturated heterocycles. The Morgan fingerprint density at radius 2 is 1.90 bits per heavy atom. The number of hydrogen-bond donors (Lipinski definition) is 3. The van der Waals surface area contributed by atoms with E-state index in [0.717, 1.165) is 36.9 Å². The molecule has 2 fully saturated rings. The number of carbonyl (C=O) groups is 2. The third-order valence-corrected chi connectivity index (χ3v) is 5.60. The minimum absolute atomic E-state index is 0.0333. The summed E-state index contributed by atoms with van der Waals surface area (Å²) in [5.41, 5.74) is 7.08. The predicted molar refractivity (Wildman–Crippen MR) is 108 cm³/mol. The van der Waals surface area contributed by atoms with Crippen LogP contribution in [-0.2, 0) is 17.8 Å². The largest absolute Gasteiger partial charge is 0.368 e. The van der Waals surface area contributed by atoms with Crippen LogP contribution in [0.5, 0.6) is 0 Å². The van der Waals surface area contributed by atoms with Gasteiger partial charge in [-0.3, -0.25) is 9.69 Å². The lowest BCUT2D eigenvalue weighted by Crippen LogP contribution is -2.48. The maximum atomic E-state index is 13.0. The minimum atomic E-state index is -0.769. The van der Waals surface area contributed by atoms with Crippen LogP contribution < -0.4 is 16.4 Å². The molecule has 0 unspecified atom stereocenters. The summed E-state index contributed by atoms with van der Waals surface area (Å²) in [6.07, 6.45) is 5.15. The number of rotatable bonds is 5. The fourth-order valence-corrected chi connectivity index (χ4v) is 4.09. The SMILES string of the molecule is CCc1ccccc1Nc1nc(N)nc(CN2C(=O)NC3(CCCCC3)C2=O)n1. The number of imide groups is 1. The summed E-state index contributed by atoms with van der Waals surface area (Å²) in [5.74, 6) is 0.385. The van der Waals surface area contributed by atoms with Crippen molar-refractivity contribution in [2.75, 3.05) is 11.1 Å². The first-order chi connectivity index (χ1) is 14.0. The molecule has 4 rings (SSSR count). The zero-order valence-corrected chi connectivity index (χ0v) is 16.4. The first kappa shape index (κ1) is 19.1. The summed E-state index contributed by atoms with van der Waals surface area (Å²) < 4.78 is 0. The van der Waals surface area contributed by atoms with Crippen LogP contribution in [0.2, 0.25) is 0 Å². The highest BCUT2D eigenvalue weighted by atomic mass is 16.2. The molecule has 9 heteroatoms. The van der Waals surface area contributed by atoms with Crippen molar-refractivity contribution in [2.45, 2.75) is 57.5 Å². The Labute approximate surface area is 169 Å². The molecular weight excluding hydrogens is 370 g/mol. The van der Waals surface area contributed by atoms with E-state index in [1.165, 1.54) is 4.90 Å². The Morgan fingerprint density at radius 1 is 1.14 bits per heavy atom. The summed E-state index contributed by atoms with van der Waals surface area (Å²) in [7, 11) is 0. The number of urea groups is 1. The Morgan fingerprint density at radius 3 is 2.66 bits per heavy atom. The van der Waals surface area contributed by atoms with Crippen molar-refractivity contribution in [3.8, 4) is 0 Å². The van der Waals surface area contributed by atoms with Crippen LogP contribution >= 0.6 is 0 Å². The van der Waals surface area contributed by atoms with Gasteiger partial charge in [-0.15, -0.1) is 0 Å². The molecule has 3 amide bonds. The number of benzene rings is 1. The second kappa shape index (κ2) is 7.65. The fraction of sp³-hybridized carbons (Fsp3) is 0.450. The van der Waals surface area contributed by atoms with Gasteiger partial charge in [0, 0.05) is 5.69 Å². The number of aryl methyl sites for hydroxylation is 1. The van der Waals surface area contributed by atoms with Crippen LogP contribution in [0.25, 0.3) is 0 Å². The summed E-state index contributed by atoms with van der Waals surface area (Å²) >= 11 is 0. The molecule has 1 spiro atoms. The molecule has 1 aromatic carbocycles. The quantitative estimate of drug-likeness (QED) is 0.664. The van der Waals surface area contributed by atoms with Crippen molar-refractivity contribution in [2.24, 2.45) is 0 Å². The highest BCUT2D eigenvalue weighted by molar-refractivity contribution is 6.07. The third-order valence-electron chi connectivity index (χ3n) is 5.60. The van der Waals surface area contributed by atoms with E-state index in [2.05, 4.69) is 32.5 Å². The molecule has 4 N–H and O–H groups in total. The lowest BCUT2D eigenvalue weighted by atomic mass is 9.82. The van der Waals surface area contributed by atoms with E-state index < -0.39 is 11.6 Å². The van der Waals surface area contributed by atoms with Crippen LogP contribution in [-0.4, -0.2) is 37.3 Å². The maximum absolute atomic E-state index is 13.0. The molecule has 9 nitrogen and oxygen atoms in total. The van der Waals surface area contributed by atoms with E-state index in [0.29, 0.717) is 12.8 Å². The summed E-state index contributed by atoms with van der Waals surface area (Å²) in [6.45, 7) is 2.02. The van der Waals surface area contributed by atoms with Crippen molar-refractivity contribution in [1.29, 1.82) is 0 Å². The summed E-state index contributed by atoms with van der Waals surface area (Å²) in [4.78, 5) is 39.3. The van der Waals surface area contributed by atoms with Gasteiger partial charge in [-0.25, -0.2) is 4.79 Å². The Hall–Kier alpha value is -3.23. The molecular formula is C20H25N7O2. The van der Waals surface area contributed by atoms with Crippen LogP contribution in [0, 0.1) is 0 Å². The van der Waals surface area contributed by atoms with Gasteiger partial charge in [0.05, 0.1) is 6.54 Å². The number of nitrogens with zero attached hydrogens (tertiary/aromatic N) is 4. The van der Waals surface area contributed by atoms with Gasteiger partial charge in [-0.1, -0.05) is 44.4 Å². The molecule has 2 heterocycles. The van der Waals surface area contributed by atoms with Gasteiger partial charge in [-0.05, 0) is 30.9 Å². The number of anilines is 3. The molecule has 1 aromatic heterocycles. The number of aromatic nitrogens is 3. The van der Waals surface area contributed by atoms with Crippen LogP contribution in [0.1, 0.15) is 50.4 Å². The van der Waals surface area contributed by atoms with Crippen LogP contribution in [0.15, 0.2) is 24.3 Å². The normalized spacial score (nSPS) is 18.2. The standard InChI is InChI=1S/C20H25N7O2/c1-2-13-8-4-5-9-14(13)22-18-24-15(23-17(21)25-18)12-27-16(28)20(26-19(27)29)10-6-3-7-11-20/h4-5,8-9H,2-3,6-7,10-12H2,1H3,(H,26,29)(H3,21,22,23,24,25). The van der Waals surface area contributed by atoms with E-state index in [9.17, 15) is 9.59 Å². The van der Waals surface area contributed by atoms with Crippen molar-refractivity contribution in [1.82, 2.24) is 25.2 Å². The van der Waals surface area contributed by atoms with Crippen molar-refractivity contribution in [3.05, 3.63) is 35.7 Å². The number of carbonyl (C=O) groups excluding carboxylic acids is 2. The van der Waals surface area contributed by atoms with Gasteiger partial charge < -0.3 is 16.4 Å². The number of amides is 3. The molecule has 1 aliphatic carbocycles. The van der Waals surface area contributed by atoms with Crippen LogP contribution in [0.3, 0.4) is 0 Å². The van der Waals surface area contributed by atoms with E-state index in [4.69, 9.17) is 5.73 Å². The van der Waals surface area contributed by atoms with Gasteiger partial charge in [0.2, 0.25) is 11.9 Å². The highest BCUT2D eigenvalue weighted by Crippen LogP contribution is 2.34. The van der Waals surface area contributed by atoms with Gasteiger partial charge in [0.25, 0.3) is 5.91 Å². The van der Waals surface area contributed by atoms with Gasteiger partial charge >= 0.3 is 6.03 Å². The molecule has 29 heavy (non-hydrogen) atoms. The minimum Gasteiger partial charge on any atom is -0.368 e. The fourth-order valence-electron chi connectivity index (χ4n) is 4.09. The average molecular weight is 395 g/mol. The van der Waals surface area contributed by atoms with E-state index in [-0.39, 0.29) is 30.2 Å². The first-order valence-corrected chi connectivity index (χ1v) is 10.0. The second-order valence-corrected chi connectivity index (χ2v) is 7.53. The average Bonchev–Trinajstić information content (AvgIpc) is 2.92. The van der Waals surface area contributed by atoms with E-state index >= 15 is 0 Å². The first-order valence-electron chi connectivity index (χ1n) is 10.0. The zero-order valence-electron chi connectivity index (χ0n) is 16.4. The molecule has 2 aliphatic rings. The van der Waals surface area contributed by atoms with Gasteiger partial charge in [0.15, 0.2) is 5.82 Å². The highest BCUT2D eigenvalue weighted by Gasteiger charge is 2.51. The number of nitrogens with two attached hydrogens (primary N) is 1. The molecule has 152 valence electrons. The number of hydrogen-bond acceptors (Lipinski definition) is 7. The second-order valence-electron chi connectivity index (χ2n) is 7.53. The number of nitrogens with one attached hydrogen (secondary N) is 2. The third kappa shape index (κ3) is 3.72. The lowest BCUT2D eigenvalue weighted by molar-refractivity contribution is -0.132. The lowest BCUT2D eigenvalue weighted by Gasteiger charge is -2.30.